The SMILES string of the molecule is Cc1cc(NCCOCC(=O)O)c(C#N)c(C)n1. The monoisotopic (exact) mass is 249 g/mol. The topological polar surface area (TPSA) is 95.2 Å². The highest BCUT2D eigenvalue weighted by Crippen LogP contribution is 2.18. The Morgan fingerprint density at radius 3 is 2.94 bits per heavy atom. The highest BCUT2D eigenvalue weighted by Gasteiger charge is 2.07. The van der Waals surface area contributed by atoms with Crippen LogP contribution in [0.15, 0.2) is 6.07 Å². The normalized spacial score (nSPS) is 9.83. The van der Waals surface area contributed by atoms with Gasteiger partial charge >= 0.3 is 5.97 Å². The van der Waals surface area contributed by atoms with Crippen LogP contribution in [0, 0.1) is 25.2 Å². The molecule has 2 N–H and O–H groups in total. The number of aromatic nitrogens is 1. The number of aryl methyl sites for hydroxylation is 2. The molecule has 0 spiro atoms. The van der Waals surface area contributed by atoms with Crippen LogP contribution in [0.3, 0.4) is 0 Å². The lowest BCUT2D eigenvalue weighted by molar-refractivity contribution is -0.142. The minimum atomic E-state index is -0.997. The van der Waals surface area contributed by atoms with E-state index in [1.165, 1.54) is 0 Å². The number of carboxylic acids is 1. The molecule has 0 aliphatic carbocycles. The molecule has 6 heteroatoms. The Labute approximate surface area is 105 Å². The van der Waals surface area contributed by atoms with Crippen molar-refractivity contribution in [2.45, 2.75) is 13.8 Å². The van der Waals surface area contributed by atoms with E-state index in [1.54, 1.807) is 13.0 Å². The number of nitrogens with zero attached hydrogens (tertiary/aromatic N) is 2. The van der Waals surface area contributed by atoms with Crippen molar-refractivity contribution in [3.63, 3.8) is 0 Å². The number of aliphatic carboxylic acids is 1. The number of nitrogens with one attached hydrogen (secondary N) is 1. The number of anilines is 1. The van der Waals surface area contributed by atoms with Gasteiger partial charge in [-0.3, -0.25) is 4.98 Å². The largest absolute Gasteiger partial charge is 0.480 e. The van der Waals surface area contributed by atoms with Crippen LogP contribution >= 0.6 is 0 Å². The summed E-state index contributed by atoms with van der Waals surface area (Å²) in [5.74, 6) is -0.997. The minimum Gasteiger partial charge on any atom is -0.480 e. The molecule has 0 aromatic carbocycles. The third-order valence-corrected chi connectivity index (χ3v) is 2.23. The molecule has 6 nitrogen and oxygen atoms in total. The fourth-order valence-electron chi connectivity index (χ4n) is 1.53. The van der Waals surface area contributed by atoms with Gasteiger partial charge in [0.2, 0.25) is 0 Å². The number of hydrogen-bond acceptors (Lipinski definition) is 5. The summed E-state index contributed by atoms with van der Waals surface area (Å²) in [5.41, 5.74) is 2.69. The molecular formula is C12H15N3O3. The standard InChI is InChI=1S/C12H15N3O3/c1-8-5-11(10(6-13)9(2)15-8)14-3-4-18-7-12(16)17/h5H,3-4,7H2,1-2H3,(H,14,15)(H,16,17). The Kier molecular flexibility index (Phi) is 5.08. The number of carbonyl (C=O) groups is 1. The molecule has 0 radical (unpaired) electrons. The zero-order chi connectivity index (χ0) is 13.5. The quantitative estimate of drug-likeness (QED) is 0.732. The molecule has 1 heterocycles. The number of hydrogen-bond donors (Lipinski definition) is 2. The van der Waals surface area contributed by atoms with Crippen molar-refractivity contribution < 1.29 is 14.6 Å². The molecule has 0 aliphatic heterocycles. The lowest BCUT2D eigenvalue weighted by Gasteiger charge is -2.10. The molecule has 96 valence electrons. The molecule has 0 saturated heterocycles. The molecule has 0 saturated carbocycles. The van der Waals surface area contributed by atoms with Gasteiger partial charge in [0, 0.05) is 12.2 Å². The van der Waals surface area contributed by atoms with Crippen LogP contribution in [0.4, 0.5) is 5.69 Å². The molecule has 1 aromatic heterocycles. The van der Waals surface area contributed by atoms with Gasteiger partial charge in [0.05, 0.1) is 23.6 Å². The molecule has 0 aliphatic rings. The summed E-state index contributed by atoms with van der Waals surface area (Å²) < 4.78 is 4.89. The van der Waals surface area contributed by atoms with Gasteiger partial charge in [-0.2, -0.15) is 5.26 Å². The Morgan fingerprint density at radius 1 is 1.61 bits per heavy atom. The first-order chi connectivity index (χ1) is 8.54. The van der Waals surface area contributed by atoms with Gasteiger partial charge in [-0.1, -0.05) is 0 Å². The molecule has 18 heavy (non-hydrogen) atoms. The van der Waals surface area contributed by atoms with Crippen molar-refractivity contribution >= 4 is 11.7 Å². The van der Waals surface area contributed by atoms with Gasteiger partial charge in [0.1, 0.15) is 12.7 Å². The van der Waals surface area contributed by atoms with Gasteiger partial charge in [-0.05, 0) is 19.9 Å². The fraction of sp³-hybridized carbons (Fsp3) is 0.417. The Morgan fingerprint density at radius 2 is 2.33 bits per heavy atom. The van der Waals surface area contributed by atoms with Crippen LogP contribution in [0.2, 0.25) is 0 Å². The van der Waals surface area contributed by atoms with E-state index >= 15 is 0 Å². The maximum Gasteiger partial charge on any atom is 0.329 e. The average Bonchev–Trinajstić information content (AvgIpc) is 2.27. The van der Waals surface area contributed by atoms with Crippen molar-refractivity contribution in [2.24, 2.45) is 0 Å². The van der Waals surface area contributed by atoms with Crippen LogP contribution in [0.25, 0.3) is 0 Å². The summed E-state index contributed by atoms with van der Waals surface area (Å²) in [5, 5.41) is 20.5. The zero-order valence-electron chi connectivity index (χ0n) is 10.4. The summed E-state index contributed by atoms with van der Waals surface area (Å²) in [6.07, 6.45) is 0. The summed E-state index contributed by atoms with van der Waals surface area (Å²) in [6.45, 7) is 4.00. The van der Waals surface area contributed by atoms with E-state index in [4.69, 9.17) is 15.1 Å². The van der Waals surface area contributed by atoms with Gasteiger partial charge < -0.3 is 15.2 Å². The van der Waals surface area contributed by atoms with Crippen molar-refractivity contribution in [3.8, 4) is 6.07 Å². The van der Waals surface area contributed by atoms with E-state index in [2.05, 4.69) is 16.4 Å². The van der Waals surface area contributed by atoms with Crippen LogP contribution in [-0.2, 0) is 9.53 Å². The van der Waals surface area contributed by atoms with Crippen molar-refractivity contribution in [3.05, 3.63) is 23.0 Å². The summed E-state index contributed by atoms with van der Waals surface area (Å²) >= 11 is 0. The van der Waals surface area contributed by atoms with Crippen LogP contribution in [0.5, 0.6) is 0 Å². The van der Waals surface area contributed by atoms with Gasteiger partial charge in [0.15, 0.2) is 0 Å². The molecule has 0 atom stereocenters. The van der Waals surface area contributed by atoms with Crippen molar-refractivity contribution in [1.82, 2.24) is 4.98 Å². The molecule has 0 fully saturated rings. The lowest BCUT2D eigenvalue weighted by atomic mass is 10.1. The van der Waals surface area contributed by atoms with Crippen LogP contribution in [-0.4, -0.2) is 35.8 Å². The first-order valence-electron chi connectivity index (χ1n) is 5.46. The van der Waals surface area contributed by atoms with Gasteiger partial charge in [-0.15, -0.1) is 0 Å². The highest BCUT2D eigenvalue weighted by molar-refractivity contribution is 5.68. The maximum atomic E-state index is 10.2. The van der Waals surface area contributed by atoms with E-state index < -0.39 is 5.97 Å². The van der Waals surface area contributed by atoms with Gasteiger partial charge in [-0.25, -0.2) is 4.79 Å². The smallest absolute Gasteiger partial charge is 0.329 e. The van der Waals surface area contributed by atoms with Crippen LogP contribution in [0.1, 0.15) is 17.0 Å². The molecule has 1 rings (SSSR count). The van der Waals surface area contributed by atoms with Crippen molar-refractivity contribution in [1.29, 1.82) is 5.26 Å². The molecule has 0 bridgehead atoms. The third-order valence-electron chi connectivity index (χ3n) is 2.23. The number of carboxylic acid groups (broad SMARTS) is 1. The molecule has 0 amide bonds. The highest BCUT2D eigenvalue weighted by atomic mass is 16.5. The third kappa shape index (κ3) is 4.03. The van der Waals surface area contributed by atoms with E-state index in [0.29, 0.717) is 23.5 Å². The zero-order valence-corrected chi connectivity index (χ0v) is 10.4. The number of ether oxygens (including phenoxy) is 1. The lowest BCUT2D eigenvalue weighted by Crippen LogP contribution is -2.15. The molecule has 1 aromatic rings. The second-order valence-electron chi connectivity index (χ2n) is 3.76. The van der Waals surface area contributed by atoms with Gasteiger partial charge in [0.25, 0.3) is 0 Å². The maximum absolute atomic E-state index is 10.2. The fourth-order valence-corrected chi connectivity index (χ4v) is 1.53. The first kappa shape index (κ1) is 13.9. The summed E-state index contributed by atoms with van der Waals surface area (Å²) in [6, 6.07) is 3.87. The Hall–Kier alpha value is -2.13. The first-order valence-corrected chi connectivity index (χ1v) is 5.46. The number of nitriles is 1. The summed E-state index contributed by atoms with van der Waals surface area (Å²) in [7, 11) is 0. The Balaban J connectivity index is 2.57. The van der Waals surface area contributed by atoms with E-state index in [0.717, 1.165) is 5.69 Å². The second kappa shape index (κ2) is 6.57. The van der Waals surface area contributed by atoms with E-state index in [-0.39, 0.29) is 13.2 Å². The number of rotatable bonds is 6. The van der Waals surface area contributed by atoms with Crippen LogP contribution < -0.4 is 5.32 Å². The summed E-state index contributed by atoms with van der Waals surface area (Å²) in [4.78, 5) is 14.4. The molecular weight excluding hydrogens is 234 g/mol. The predicted molar refractivity (Wildman–Crippen MR) is 65.4 cm³/mol. The number of pyridine rings is 1. The van der Waals surface area contributed by atoms with E-state index in [1.807, 2.05) is 6.92 Å². The Bertz CT molecular complexity index is 480. The van der Waals surface area contributed by atoms with E-state index in [9.17, 15) is 4.79 Å². The van der Waals surface area contributed by atoms with Crippen molar-refractivity contribution in [2.75, 3.05) is 25.1 Å². The second-order valence-corrected chi connectivity index (χ2v) is 3.76. The average molecular weight is 249 g/mol. The molecule has 0 unspecified atom stereocenters. The minimum absolute atomic E-state index is 0.261. The predicted octanol–water partition coefficient (Wildman–Crippen LogP) is 1.08.